The Kier molecular flexibility index (Phi) is 5.96. The van der Waals surface area contributed by atoms with E-state index in [4.69, 9.17) is 0 Å². The summed E-state index contributed by atoms with van der Waals surface area (Å²) < 4.78 is 26.3. The van der Waals surface area contributed by atoms with E-state index in [1.807, 2.05) is 0 Å². The molecular formula is C10H19BrN2O2S. The summed E-state index contributed by atoms with van der Waals surface area (Å²) >= 11 is 3.12. The van der Waals surface area contributed by atoms with Gasteiger partial charge in [0, 0.05) is 17.1 Å². The molecule has 1 unspecified atom stereocenters. The lowest BCUT2D eigenvalue weighted by Gasteiger charge is -2.23. The van der Waals surface area contributed by atoms with E-state index in [1.54, 1.807) is 0 Å². The molecule has 1 atom stereocenters. The molecule has 0 radical (unpaired) electrons. The molecule has 1 aliphatic heterocycles. The second kappa shape index (κ2) is 6.74. The number of hydrogen-bond donors (Lipinski definition) is 2. The smallest absolute Gasteiger partial charge is 0.211 e. The molecule has 0 aromatic rings. The lowest BCUT2D eigenvalue weighted by Crippen LogP contribution is -2.37. The molecule has 1 rings (SSSR count). The van der Waals surface area contributed by atoms with E-state index in [0.717, 1.165) is 13.0 Å². The molecule has 16 heavy (non-hydrogen) atoms. The van der Waals surface area contributed by atoms with Crippen LogP contribution in [0.5, 0.6) is 0 Å². The molecule has 0 aromatic heterocycles. The van der Waals surface area contributed by atoms with E-state index in [0.29, 0.717) is 16.9 Å². The van der Waals surface area contributed by atoms with Crippen LogP contribution in [0, 0.1) is 0 Å². The number of piperidine rings is 1. The van der Waals surface area contributed by atoms with Gasteiger partial charge in [0.05, 0.1) is 5.75 Å². The molecule has 0 spiro atoms. The van der Waals surface area contributed by atoms with E-state index < -0.39 is 10.0 Å². The Morgan fingerprint density at radius 2 is 2.25 bits per heavy atom. The van der Waals surface area contributed by atoms with Crippen molar-refractivity contribution in [3.05, 3.63) is 11.1 Å². The van der Waals surface area contributed by atoms with Crippen molar-refractivity contribution < 1.29 is 8.42 Å². The van der Waals surface area contributed by atoms with Crippen molar-refractivity contribution >= 4 is 26.0 Å². The number of sulfonamides is 1. The van der Waals surface area contributed by atoms with Gasteiger partial charge in [-0.2, -0.15) is 0 Å². The van der Waals surface area contributed by atoms with Crippen LogP contribution in [0.25, 0.3) is 0 Å². The largest absolute Gasteiger partial charge is 0.314 e. The fraction of sp³-hybridized carbons (Fsp3) is 0.800. The van der Waals surface area contributed by atoms with E-state index in [2.05, 4.69) is 32.5 Å². The number of nitrogens with one attached hydrogen (secondary N) is 2. The minimum atomic E-state index is -3.16. The molecule has 6 heteroatoms. The second-order valence-corrected chi connectivity index (χ2v) is 7.14. The number of hydrogen-bond acceptors (Lipinski definition) is 3. The van der Waals surface area contributed by atoms with E-state index >= 15 is 0 Å². The fourth-order valence-corrected chi connectivity index (χ4v) is 3.19. The van der Waals surface area contributed by atoms with Crippen molar-refractivity contribution in [2.45, 2.75) is 31.7 Å². The molecule has 2 N–H and O–H groups in total. The van der Waals surface area contributed by atoms with Gasteiger partial charge >= 0.3 is 0 Å². The minimum Gasteiger partial charge on any atom is -0.314 e. The number of halogens is 1. The molecule has 1 fully saturated rings. The van der Waals surface area contributed by atoms with Crippen LogP contribution in [0.1, 0.15) is 25.7 Å². The van der Waals surface area contributed by atoms with Crippen molar-refractivity contribution in [3.63, 3.8) is 0 Å². The zero-order valence-corrected chi connectivity index (χ0v) is 11.7. The first kappa shape index (κ1) is 14.2. The van der Waals surface area contributed by atoms with Crippen molar-refractivity contribution in [2.75, 3.05) is 18.8 Å². The van der Waals surface area contributed by atoms with E-state index in [1.165, 1.54) is 12.8 Å². The molecular weight excluding hydrogens is 292 g/mol. The Morgan fingerprint density at radius 1 is 1.50 bits per heavy atom. The standard InChI is InChI=1S/C10H19BrN2O2S/c1-9(11)8-13-16(14,15)7-5-10-4-2-3-6-12-10/h10,12-13H,1-8H2. The predicted molar refractivity (Wildman–Crippen MR) is 70.1 cm³/mol. The van der Waals surface area contributed by atoms with Gasteiger partial charge in [0.1, 0.15) is 0 Å². The third kappa shape index (κ3) is 5.98. The Hall–Kier alpha value is 0.0900. The third-order valence-corrected chi connectivity index (χ3v) is 4.27. The quantitative estimate of drug-likeness (QED) is 0.778. The first-order valence-corrected chi connectivity index (χ1v) is 7.98. The Bertz CT molecular complexity index is 324. The summed E-state index contributed by atoms with van der Waals surface area (Å²) in [5.41, 5.74) is 0. The van der Waals surface area contributed by atoms with Crippen LogP contribution in [0.2, 0.25) is 0 Å². The molecule has 1 saturated heterocycles. The van der Waals surface area contributed by atoms with Gasteiger partial charge in [-0.3, -0.25) is 0 Å². The fourth-order valence-electron chi connectivity index (χ4n) is 1.73. The maximum Gasteiger partial charge on any atom is 0.211 e. The molecule has 1 aliphatic rings. The van der Waals surface area contributed by atoms with Crippen LogP contribution < -0.4 is 10.0 Å². The van der Waals surface area contributed by atoms with Crippen molar-refractivity contribution in [3.8, 4) is 0 Å². The van der Waals surface area contributed by atoms with Gasteiger partial charge in [0.25, 0.3) is 0 Å². The first-order chi connectivity index (χ1) is 7.49. The summed E-state index contributed by atoms with van der Waals surface area (Å²) in [7, 11) is -3.16. The number of rotatable bonds is 6. The van der Waals surface area contributed by atoms with Crippen LogP contribution in [0.15, 0.2) is 11.1 Å². The van der Waals surface area contributed by atoms with E-state index in [-0.39, 0.29) is 12.3 Å². The third-order valence-electron chi connectivity index (χ3n) is 2.63. The van der Waals surface area contributed by atoms with Gasteiger partial charge < -0.3 is 5.32 Å². The maximum atomic E-state index is 11.6. The average molecular weight is 311 g/mol. The summed E-state index contributed by atoms with van der Waals surface area (Å²) in [6.45, 7) is 4.86. The highest BCUT2D eigenvalue weighted by Gasteiger charge is 2.16. The van der Waals surface area contributed by atoms with Crippen molar-refractivity contribution in [2.24, 2.45) is 0 Å². The van der Waals surface area contributed by atoms with Crippen LogP contribution in [-0.2, 0) is 10.0 Å². The van der Waals surface area contributed by atoms with Crippen LogP contribution in [0.3, 0.4) is 0 Å². The Labute approximate surface area is 106 Å². The summed E-state index contributed by atoms with van der Waals surface area (Å²) in [5.74, 6) is 0.185. The van der Waals surface area contributed by atoms with Crippen LogP contribution in [0.4, 0.5) is 0 Å². The van der Waals surface area contributed by atoms with Crippen LogP contribution in [-0.4, -0.2) is 33.3 Å². The molecule has 94 valence electrons. The highest BCUT2D eigenvalue weighted by molar-refractivity contribution is 9.11. The van der Waals surface area contributed by atoms with E-state index in [9.17, 15) is 8.42 Å². The van der Waals surface area contributed by atoms with Gasteiger partial charge in [-0.05, 0) is 25.8 Å². The van der Waals surface area contributed by atoms with Crippen LogP contribution >= 0.6 is 15.9 Å². The first-order valence-electron chi connectivity index (χ1n) is 5.53. The monoisotopic (exact) mass is 310 g/mol. The normalized spacial score (nSPS) is 21.9. The minimum absolute atomic E-state index is 0.185. The van der Waals surface area contributed by atoms with Gasteiger partial charge in [0.15, 0.2) is 0 Å². The topological polar surface area (TPSA) is 58.2 Å². The van der Waals surface area contributed by atoms with Gasteiger partial charge in [-0.25, -0.2) is 13.1 Å². The Balaban J connectivity index is 2.26. The molecule has 0 saturated carbocycles. The van der Waals surface area contributed by atoms with Gasteiger partial charge in [-0.15, -0.1) is 0 Å². The van der Waals surface area contributed by atoms with Gasteiger partial charge in [-0.1, -0.05) is 28.9 Å². The van der Waals surface area contributed by atoms with Gasteiger partial charge in [0.2, 0.25) is 10.0 Å². The lowest BCUT2D eigenvalue weighted by atomic mass is 10.0. The summed E-state index contributed by atoms with van der Waals surface area (Å²) in [4.78, 5) is 0. The highest BCUT2D eigenvalue weighted by atomic mass is 79.9. The molecule has 0 bridgehead atoms. The predicted octanol–water partition coefficient (Wildman–Crippen LogP) is 1.35. The molecule has 0 aromatic carbocycles. The zero-order valence-electron chi connectivity index (χ0n) is 9.34. The molecule has 0 aliphatic carbocycles. The summed E-state index contributed by atoms with van der Waals surface area (Å²) in [6, 6.07) is 0.359. The average Bonchev–Trinajstić information content (AvgIpc) is 2.26. The summed E-state index contributed by atoms with van der Waals surface area (Å²) in [6.07, 6.45) is 4.17. The highest BCUT2D eigenvalue weighted by Crippen LogP contribution is 2.10. The van der Waals surface area contributed by atoms with Crippen molar-refractivity contribution in [1.29, 1.82) is 0 Å². The van der Waals surface area contributed by atoms with Crippen molar-refractivity contribution in [1.82, 2.24) is 10.0 Å². The lowest BCUT2D eigenvalue weighted by molar-refractivity contribution is 0.392. The molecule has 1 heterocycles. The SMILES string of the molecule is C=C(Br)CNS(=O)(=O)CCC1CCCCN1. The summed E-state index contributed by atoms with van der Waals surface area (Å²) in [5, 5.41) is 3.34. The molecule has 4 nitrogen and oxygen atoms in total. The maximum absolute atomic E-state index is 11.6. The Morgan fingerprint density at radius 3 is 2.81 bits per heavy atom. The second-order valence-electron chi connectivity index (χ2n) is 4.09. The zero-order chi connectivity index (χ0) is 12.0. The molecule has 0 amide bonds.